The van der Waals surface area contributed by atoms with Crippen LogP contribution in [0.1, 0.15) is 19.8 Å². The summed E-state index contributed by atoms with van der Waals surface area (Å²) in [6, 6.07) is 6.80. The van der Waals surface area contributed by atoms with Crippen LogP contribution in [-0.2, 0) is 14.3 Å². The van der Waals surface area contributed by atoms with Gasteiger partial charge in [0.15, 0.2) is 0 Å². The van der Waals surface area contributed by atoms with Crippen LogP contribution in [0.25, 0.3) is 0 Å². The van der Waals surface area contributed by atoms with Crippen molar-refractivity contribution in [1.82, 2.24) is 0 Å². The van der Waals surface area contributed by atoms with Gasteiger partial charge in [0, 0.05) is 5.69 Å². The summed E-state index contributed by atoms with van der Waals surface area (Å²) in [5.74, 6) is -0.199. The number of benzene rings is 1. The summed E-state index contributed by atoms with van der Waals surface area (Å²) in [5.41, 5.74) is 0.596. The lowest BCUT2D eigenvalue weighted by Gasteiger charge is -2.10. The number of rotatable bonds is 7. The van der Waals surface area contributed by atoms with Crippen LogP contribution in [0.15, 0.2) is 24.3 Å². The number of nitrogens with one attached hydrogen (secondary N) is 1. The van der Waals surface area contributed by atoms with Gasteiger partial charge in [0.05, 0.1) is 32.7 Å². The molecule has 0 radical (unpaired) electrons. The highest BCUT2D eigenvalue weighted by molar-refractivity contribution is 5.91. The second-order valence-electron chi connectivity index (χ2n) is 4.14. The number of hydrogen-bond acceptors (Lipinski definition) is 5. The van der Waals surface area contributed by atoms with Gasteiger partial charge in [-0.2, -0.15) is 0 Å². The van der Waals surface area contributed by atoms with Crippen molar-refractivity contribution < 1.29 is 24.2 Å². The van der Waals surface area contributed by atoms with Crippen LogP contribution in [0.2, 0.25) is 0 Å². The molecule has 0 heterocycles. The average molecular weight is 281 g/mol. The Morgan fingerprint density at radius 3 is 2.45 bits per heavy atom. The molecule has 0 saturated heterocycles. The third-order valence-electron chi connectivity index (χ3n) is 2.50. The van der Waals surface area contributed by atoms with E-state index in [-0.39, 0.29) is 25.4 Å². The summed E-state index contributed by atoms with van der Waals surface area (Å²) in [4.78, 5) is 22.8. The van der Waals surface area contributed by atoms with Crippen molar-refractivity contribution >= 4 is 17.6 Å². The molecule has 6 nitrogen and oxygen atoms in total. The minimum atomic E-state index is -1.05. The van der Waals surface area contributed by atoms with Gasteiger partial charge in [0.1, 0.15) is 5.75 Å². The molecule has 110 valence electrons. The molecule has 1 aromatic carbocycles. The van der Waals surface area contributed by atoms with Gasteiger partial charge in [-0.15, -0.1) is 0 Å². The predicted octanol–water partition coefficient (Wildman–Crippen LogP) is 1.34. The number of anilines is 1. The Bertz CT molecular complexity index is 443. The summed E-state index contributed by atoms with van der Waals surface area (Å²) in [5, 5.41) is 12.2. The summed E-state index contributed by atoms with van der Waals surface area (Å²) < 4.78 is 9.69. The molecule has 0 bridgehead atoms. The van der Waals surface area contributed by atoms with Crippen LogP contribution >= 0.6 is 0 Å². The van der Waals surface area contributed by atoms with Gasteiger partial charge >= 0.3 is 5.97 Å². The highest BCUT2D eigenvalue weighted by atomic mass is 16.5. The molecule has 0 fully saturated rings. The smallest absolute Gasteiger partial charge is 0.308 e. The molecule has 0 aromatic heterocycles. The zero-order chi connectivity index (χ0) is 15.0. The molecule has 2 N–H and O–H groups in total. The molecule has 1 aromatic rings. The summed E-state index contributed by atoms with van der Waals surface area (Å²) in [6.45, 7) is 1.93. The molecule has 6 heteroatoms. The first-order valence-electron chi connectivity index (χ1n) is 6.32. The number of carbonyl (C=O) groups is 2. The van der Waals surface area contributed by atoms with Crippen molar-refractivity contribution in [3.05, 3.63) is 24.3 Å². The van der Waals surface area contributed by atoms with Crippen LogP contribution in [0.4, 0.5) is 5.69 Å². The highest BCUT2D eigenvalue weighted by Crippen LogP contribution is 2.15. The maximum Gasteiger partial charge on any atom is 0.308 e. The van der Waals surface area contributed by atoms with Crippen molar-refractivity contribution in [3.63, 3.8) is 0 Å². The maximum atomic E-state index is 11.7. The SMILES string of the molecule is CCOC(=O)CC(O)CC(=O)Nc1ccc(OC)cc1. The van der Waals surface area contributed by atoms with Crippen LogP contribution in [0.3, 0.4) is 0 Å². The second-order valence-corrected chi connectivity index (χ2v) is 4.14. The number of hydrogen-bond donors (Lipinski definition) is 2. The second kappa shape index (κ2) is 8.16. The molecular formula is C14H19NO5. The molecule has 1 rings (SSSR count). The minimum Gasteiger partial charge on any atom is -0.497 e. The van der Waals surface area contributed by atoms with Crippen LogP contribution < -0.4 is 10.1 Å². The van der Waals surface area contributed by atoms with E-state index in [1.165, 1.54) is 0 Å². The van der Waals surface area contributed by atoms with E-state index in [1.54, 1.807) is 38.3 Å². The van der Waals surface area contributed by atoms with E-state index in [1.807, 2.05) is 0 Å². The standard InChI is InChI=1S/C14H19NO5/c1-3-20-14(18)9-11(16)8-13(17)15-10-4-6-12(19-2)7-5-10/h4-7,11,16H,3,8-9H2,1-2H3,(H,15,17). The lowest BCUT2D eigenvalue weighted by Crippen LogP contribution is -2.23. The molecule has 1 unspecified atom stereocenters. The molecule has 1 amide bonds. The molecule has 0 saturated carbocycles. The van der Waals surface area contributed by atoms with Crippen LogP contribution in [0, 0.1) is 0 Å². The normalized spacial score (nSPS) is 11.6. The summed E-state index contributed by atoms with van der Waals surface area (Å²) in [7, 11) is 1.55. The largest absolute Gasteiger partial charge is 0.497 e. The first kappa shape index (κ1) is 16.0. The number of amides is 1. The fourth-order valence-corrected chi connectivity index (χ4v) is 1.58. The number of methoxy groups -OCH3 is 1. The maximum absolute atomic E-state index is 11.7. The van der Waals surface area contributed by atoms with Gasteiger partial charge in [-0.3, -0.25) is 9.59 Å². The van der Waals surface area contributed by atoms with E-state index in [4.69, 9.17) is 9.47 Å². The van der Waals surface area contributed by atoms with Crippen LogP contribution in [-0.4, -0.2) is 36.8 Å². The fraction of sp³-hybridized carbons (Fsp3) is 0.429. The average Bonchev–Trinajstić information content (AvgIpc) is 2.39. The summed E-state index contributed by atoms with van der Waals surface area (Å²) in [6.07, 6.45) is -1.40. The van der Waals surface area contributed by atoms with Gasteiger partial charge in [-0.1, -0.05) is 0 Å². The van der Waals surface area contributed by atoms with Crippen molar-refractivity contribution in [2.45, 2.75) is 25.9 Å². The van der Waals surface area contributed by atoms with E-state index in [9.17, 15) is 14.7 Å². The van der Waals surface area contributed by atoms with Crippen molar-refractivity contribution in [3.8, 4) is 5.75 Å². The van der Waals surface area contributed by atoms with E-state index in [0.29, 0.717) is 11.4 Å². The van der Waals surface area contributed by atoms with E-state index < -0.39 is 12.1 Å². The summed E-state index contributed by atoms with van der Waals surface area (Å²) >= 11 is 0. The molecule has 0 aliphatic heterocycles. The lowest BCUT2D eigenvalue weighted by molar-refractivity contribution is -0.145. The van der Waals surface area contributed by atoms with Gasteiger partial charge in [-0.05, 0) is 31.2 Å². The molecular weight excluding hydrogens is 262 g/mol. The quantitative estimate of drug-likeness (QED) is 0.737. The lowest BCUT2D eigenvalue weighted by atomic mass is 10.2. The van der Waals surface area contributed by atoms with Crippen molar-refractivity contribution in [2.24, 2.45) is 0 Å². The monoisotopic (exact) mass is 281 g/mol. The van der Waals surface area contributed by atoms with Gasteiger partial charge in [0.2, 0.25) is 5.91 Å². The first-order valence-corrected chi connectivity index (χ1v) is 6.32. The first-order chi connectivity index (χ1) is 9.55. The van der Waals surface area contributed by atoms with E-state index >= 15 is 0 Å². The Morgan fingerprint density at radius 1 is 1.25 bits per heavy atom. The minimum absolute atomic E-state index is 0.162. The number of aliphatic hydroxyl groups excluding tert-OH is 1. The zero-order valence-corrected chi connectivity index (χ0v) is 11.6. The molecule has 0 aliphatic carbocycles. The van der Waals surface area contributed by atoms with E-state index in [2.05, 4.69) is 5.32 Å². The Labute approximate surface area is 117 Å². The molecule has 20 heavy (non-hydrogen) atoms. The molecule has 0 spiro atoms. The van der Waals surface area contributed by atoms with E-state index in [0.717, 1.165) is 0 Å². The van der Waals surface area contributed by atoms with Gasteiger partial charge in [-0.25, -0.2) is 0 Å². The predicted molar refractivity (Wildman–Crippen MR) is 73.5 cm³/mol. The number of aliphatic hydroxyl groups is 1. The van der Waals surface area contributed by atoms with Gasteiger partial charge < -0.3 is 19.9 Å². The molecule has 0 aliphatic rings. The van der Waals surface area contributed by atoms with Crippen LogP contribution in [0.5, 0.6) is 5.75 Å². The fourth-order valence-electron chi connectivity index (χ4n) is 1.58. The Morgan fingerprint density at radius 2 is 1.90 bits per heavy atom. The Balaban J connectivity index is 2.40. The Hall–Kier alpha value is -2.08. The topological polar surface area (TPSA) is 84.9 Å². The third-order valence-corrected chi connectivity index (χ3v) is 2.50. The number of carbonyl (C=O) groups excluding carboxylic acids is 2. The zero-order valence-electron chi connectivity index (χ0n) is 11.6. The van der Waals surface area contributed by atoms with Gasteiger partial charge in [0.25, 0.3) is 0 Å². The highest BCUT2D eigenvalue weighted by Gasteiger charge is 2.15. The number of esters is 1. The van der Waals surface area contributed by atoms with Crippen molar-refractivity contribution in [2.75, 3.05) is 19.0 Å². The molecule has 1 atom stereocenters. The van der Waals surface area contributed by atoms with Crippen molar-refractivity contribution in [1.29, 1.82) is 0 Å². The Kier molecular flexibility index (Phi) is 6.52. The third kappa shape index (κ3) is 5.71. The number of ether oxygens (including phenoxy) is 2.